The molecule has 0 atom stereocenters. The Hall–Kier alpha value is -1.67. The van der Waals surface area contributed by atoms with Crippen molar-refractivity contribution < 1.29 is 17.6 Å². The Kier molecular flexibility index (Phi) is 3.96. The molecule has 0 bridgehead atoms. The van der Waals surface area contributed by atoms with Gasteiger partial charge in [-0.2, -0.15) is 4.31 Å². The minimum atomic E-state index is -4.03. The zero-order valence-corrected chi connectivity index (χ0v) is 11.9. The van der Waals surface area contributed by atoms with Gasteiger partial charge in [0.2, 0.25) is 15.9 Å². The van der Waals surface area contributed by atoms with Crippen LogP contribution in [0.2, 0.25) is 0 Å². The molecule has 1 aliphatic heterocycles. The van der Waals surface area contributed by atoms with E-state index in [2.05, 4.69) is 0 Å². The lowest BCUT2D eigenvalue weighted by Crippen LogP contribution is -2.38. The number of halogens is 1. The van der Waals surface area contributed by atoms with Crippen molar-refractivity contribution >= 4 is 21.6 Å². The fourth-order valence-electron chi connectivity index (χ4n) is 2.03. The van der Waals surface area contributed by atoms with E-state index in [0.29, 0.717) is 13.0 Å². The summed E-state index contributed by atoms with van der Waals surface area (Å²) in [5, 5.41) is 0. The van der Waals surface area contributed by atoms with Crippen molar-refractivity contribution in [3.8, 4) is 0 Å². The normalized spacial score (nSPS) is 18.1. The van der Waals surface area contributed by atoms with Gasteiger partial charge in [-0.3, -0.25) is 4.79 Å². The third-order valence-electron chi connectivity index (χ3n) is 3.21. The molecule has 1 aliphatic rings. The van der Waals surface area contributed by atoms with E-state index in [4.69, 9.17) is 5.73 Å². The van der Waals surface area contributed by atoms with Gasteiger partial charge in [-0.15, -0.1) is 0 Å². The monoisotopic (exact) mass is 301 g/mol. The lowest BCUT2D eigenvalue weighted by Gasteiger charge is -2.19. The number of nitrogens with two attached hydrogens (primary N) is 1. The second-order valence-electron chi connectivity index (χ2n) is 4.70. The topological polar surface area (TPSA) is 83.7 Å². The number of likely N-dealkylation sites (N-methyl/N-ethyl adjacent to an activating group) is 1. The predicted octanol–water partition coefficient (Wildman–Crippen LogP) is 0.261. The molecule has 2 rings (SSSR count). The quantitative estimate of drug-likeness (QED) is 0.794. The minimum absolute atomic E-state index is 0.146. The standard InChI is InChI=1S/C12H16FN3O3S/c1-15-5-2-6-16(8-12(15)17)20(18,19)11-4-3-9(14)7-10(11)13/h3-4,7H,2,5-6,8,14H2,1H3. The molecule has 0 saturated carbocycles. The number of amides is 1. The summed E-state index contributed by atoms with van der Waals surface area (Å²) >= 11 is 0. The first-order valence-corrected chi connectivity index (χ1v) is 7.55. The summed E-state index contributed by atoms with van der Waals surface area (Å²) < 4.78 is 39.6. The Labute approximate surface area is 117 Å². The second kappa shape index (κ2) is 5.37. The molecule has 0 radical (unpaired) electrons. The lowest BCUT2D eigenvalue weighted by atomic mass is 10.3. The largest absolute Gasteiger partial charge is 0.399 e. The first-order chi connectivity index (χ1) is 9.32. The fraction of sp³-hybridized carbons (Fsp3) is 0.417. The summed E-state index contributed by atoms with van der Waals surface area (Å²) in [4.78, 5) is 12.8. The first-order valence-electron chi connectivity index (χ1n) is 6.11. The first kappa shape index (κ1) is 14.7. The summed E-state index contributed by atoms with van der Waals surface area (Å²) in [6, 6.07) is 3.40. The average Bonchev–Trinajstić information content (AvgIpc) is 2.52. The minimum Gasteiger partial charge on any atom is -0.399 e. The number of carbonyl (C=O) groups is 1. The van der Waals surface area contributed by atoms with Gasteiger partial charge in [-0.05, 0) is 24.6 Å². The van der Waals surface area contributed by atoms with Crippen molar-refractivity contribution in [2.45, 2.75) is 11.3 Å². The van der Waals surface area contributed by atoms with Gasteiger partial charge in [0.05, 0.1) is 6.54 Å². The smallest absolute Gasteiger partial charge is 0.246 e. The number of nitrogen functional groups attached to an aromatic ring is 1. The van der Waals surface area contributed by atoms with Crippen LogP contribution < -0.4 is 5.73 Å². The molecule has 0 aliphatic carbocycles. The highest BCUT2D eigenvalue weighted by Gasteiger charge is 2.31. The number of hydrogen-bond donors (Lipinski definition) is 1. The predicted molar refractivity (Wildman–Crippen MR) is 71.8 cm³/mol. The molecule has 1 aromatic rings. The van der Waals surface area contributed by atoms with Crippen LogP contribution in [0.15, 0.2) is 23.1 Å². The van der Waals surface area contributed by atoms with Crippen LogP contribution in [0.25, 0.3) is 0 Å². The highest BCUT2D eigenvalue weighted by molar-refractivity contribution is 7.89. The van der Waals surface area contributed by atoms with Crippen molar-refractivity contribution in [2.24, 2.45) is 0 Å². The number of sulfonamides is 1. The van der Waals surface area contributed by atoms with Crippen LogP contribution in [-0.4, -0.2) is 50.2 Å². The number of anilines is 1. The van der Waals surface area contributed by atoms with Crippen LogP contribution in [0, 0.1) is 5.82 Å². The van der Waals surface area contributed by atoms with E-state index in [0.717, 1.165) is 16.4 Å². The molecule has 20 heavy (non-hydrogen) atoms. The molecule has 8 heteroatoms. The number of carbonyl (C=O) groups excluding carboxylic acids is 1. The molecule has 1 saturated heterocycles. The van der Waals surface area contributed by atoms with Crippen molar-refractivity contribution in [1.29, 1.82) is 0 Å². The van der Waals surface area contributed by atoms with Crippen LogP contribution in [0.1, 0.15) is 6.42 Å². The number of nitrogens with zero attached hydrogens (tertiary/aromatic N) is 2. The van der Waals surface area contributed by atoms with E-state index in [9.17, 15) is 17.6 Å². The summed E-state index contributed by atoms with van der Waals surface area (Å²) in [5.41, 5.74) is 5.55. The molecule has 0 unspecified atom stereocenters. The van der Waals surface area contributed by atoms with E-state index >= 15 is 0 Å². The maximum absolute atomic E-state index is 13.8. The molecular formula is C12H16FN3O3S. The maximum atomic E-state index is 13.8. The summed E-state index contributed by atoms with van der Waals surface area (Å²) in [6.45, 7) is 0.389. The SMILES string of the molecule is CN1CCCN(S(=O)(=O)c2ccc(N)cc2F)CC1=O. The Morgan fingerprint density at radius 1 is 1.30 bits per heavy atom. The van der Waals surface area contributed by atoms with Gasteiger partial charge in [0, 0.05) is 25.8 Å². The Morgan fingerprint density at radius 3 is 2.65 bits per heavy atom. The van der Waals surface area contributed by atoms with Gasteiger partial charge < -0.3 is 10.6 Å². The van der Waals surface area contributed by atoms with Crippen molar-refractivity contribution in [3.05, 3.63) is 24.0 Å². The number of benzene rings is 1. The van der Waals surface area contributed by atoms with E-state index in [1.807, 2.05) is 0 Å². The molecule has 6 nitrogen and oxygen atoms in total. The van der Waals surface area contributed by atoms with E-state index in [1.54, 1.807) is 7.05 Å². The number of rotatable bonds is 2. The Bertz CT molecular complexity index is 633. The molecule has 110 valence electrons. The third kappa shape index (κ3) is 2.75. The Morgan fingerprint density at radius 2 is 2.00 bits per heavy atom. The van der Waals surface area contributed by atoms with E-state index < -0.39 is 20.7 Å². The van der Waals surface area contributed by atoms with Gasteiger partial charge in [0.1, 0.15) is 10.7 Å². The van der Waals surface area contributed by atoms with Gasteiger partial charge in [-0.1, -0.05) is 0 Å². The fourth-order valence-corrected chi connectivity index (χ4v) is 3.50. The molecule has 1 aromatic carbocycles. The summed E-state index contributed by atoms with van der Waals surface area (Å²) in [7, 11) is -2.42. The molecule has 1 heterocycles. The third-order valence-corrected chi connectivity index (χ3v) is 5.09. The summed E-state index contributed by atoms with van der Waals surface area (Å²) in [6.07, 6.45) is 0.512. The highest BCUT2D eigenvalue weighted by Crippen LogP contribution is 2.22. The molecule has 1 amide bonds. The molecule has 2 N–H and O–H groups in total. The van der Waals surface area contributed by atoms with Crippen LogP contribution >= 0.6 is 0 Å². The highest BCUT2D eigenvalue weighted by atomic mass is 32.2. The van der Waals surface area contributed by atoms with Gasteiger partial charge in [0.25, 0.3) is 0 Å². The van der Waals surface area contributed by atoms with E-state index in [-0.39, 0.29) is 24.7 Å². The van der Waals surface area contributed by atoms with Crippen molar-refractivity contribution in [1.82, 2.24) is 9.21 Å². The van der Waals surface area contributed by atoms with E-state index in [1.165, 1.54) is 11.0 Å². The van der Waals surface area contributed by atoms with Gasteiger partial charge in [0.15, 0.2) is 0 Å². The summed E-state index contributed by atoms with van der Waals surface area (Å²) in [5.74, 6) is -1.21. The van der Waals surface area contributed by atoms with Crippen LogP contribution in [0.3, 0.4) is 0 Å². The maximum Gasteiger partial charge on any atom is 0.246 e. The lowest BCUT2D eigenvalue weighted by molar-refractivity contribution is -0.129. The molecule has 1 fully saturated rings. The van der Waals surface area contributed by atoms with Crippen LogP contribution in [0.4, 0.5) is 10.1 Å². The van der Waals surface area contributed by atoms with Gasteiger partial charge in [-0.25, -0.2) is 12.8 Å². The Balaban J connectivity index is 2.36. The number of hydrogen-bond acceptors (Lipinski definition) is 4. The zero-order chi connectivity index (χ0) is 14.9. The zero-order valence-electron chi connectivity index (χ0n) is 11.0. The molecule has 0 aromatic heterocycles. The molecular weight excluding hydrogens is 285 g/mol. The van der Waals surface area contributed by atoms with Crippen molar-refractivity contribution in [3.63, 3.8) is 0 Å². The second-order valence-corrected chi connectivity index (χ2v) is 6.60. The van der Waals surface area contributed by atoms with Crippen LogP contribution in [0.5, 0.6) is 0 Å². The average molecular weight is 301 g/mol. The molecule has 0 spiro atoms. The van der Waals surface area contributed by atoms with Gasteiger partial charge >= 0.3 is 0 Å². The van der Waals surface area contributed by atoms with Crippen LogP contribution in [-0.2, 0) is 14.8 Å². The van der Waals surface area contributed by atoms with Crippen molar-refractivity contribution in [2.75, 3.05) is 32.4 Å².